The first-order chi connectivity index (χ1) is 9.91. The number of hydrogen-bond donors (Lipinski definition) is 1. The Morgan fingerprint density at radius 3 is 2.81 bits per heavy atom. The van der Waals surface area contributed by atoms with Gasteiger partial charge in [0.25, 0.3) is 0 Å². The lowest BCUT2D eigenvalue weighted by atomic mass is 9.80. The fraction of sp³-hybridized carbons (Fsp3) is 0.706. The van der Waals surface area contributed by atoms with Gasteiger partial charge in [0.05, 0.1) is 6.20 Å². The topological polar surface area (TPSA) is 28.2 Å². The minimum atomic E-state index is -0.251. The Morgan fingerprint density at radius 2 is 2.19 bits per heavy atom. The van der Waals surface area contributed by atoms with Crippen molar-refractivity contribution in [2.75, 3.05) is 24.5 Å². The molecular formula is C17H28FN3. The molecule has 3 nitrogen and oxygen atoms in total. The maximum Gasteiger partial charge on any atom is 0.141 e. The molecule has 1 aliphatic heterocycles. The molecule has 2 heterocycles. The standard InChI is InChI=1S/C17H28FN3/c1-5-7-19-10-13-9-15(18)11-20-16(13)21-8-6-14(12-21)17(2,3)4/h9,11,14,19H,5-8,10,12H2,1-4H3. The van der Waals surface area contributed by atoms with Crippen LogP contribution in [0.2, 0.25) is 0 Å². The fourth-order valence-corrected chi connectivity index (χ4v) is 2.95. The number of aromatic nitrogens is 1. The van der Waals surface area contributed by atoms with Gasteiger partial charge >= 0.3 is 0 Å². The number of pyridine rings is 1. The van der Waals surface area contributed by atoms with Crippen molar-refractivity contribution in [1.82, 2.24) is 10.3 Å². The molecule has 0 aromatic carbocycles. The second kappa shape index (κ2) is 6.73. The van der Waals surface area contributed by atoms with E-state index in [0.29, 0.717) is 17.9 Å². The zero-order chi connectivity index (χ0) is 15.5. The zero-order valence-electron chi connectivity index (χ0n) is 13.7. The Hall–Kier alpha value is -1.16. The van der Waals surface area contributed by atoms with Crippen molar-refractivity contribution in [3.63, 3.8) is 0 Å². The lowest BCUT2D eigenvalue weighted by Gasteiger charge is -2.27. The molecule has 118 valence electrons. The van der Waals surface area contributed by atoms with Gasteiger partial charge in [0.15, 0.2) is 0 Å². The van der Waals surface area contributed by atoms with Crippen LogP contribution in [0.25, 0.3) is 0 Å². The minimum absolute atomic E-state index is 0.251. The summed E-state index contributed by atoms with van der Waals surface area (Å²) in [5.41, 5.74) is 1.29. The highest BCUT2D eigenvalue weighted by atomic mass is 19.1. The molecule has 0 spiro atoms. The summed E-state index contributed by atoms with van der Waals surface area (Å²) in [6, 6.07) is 1.62. The molecule has 0 saturated carbocycles. The Bertz CT molecular complexity index is 468. The SMILES string of the molecule is CCCNCc1cc(F)cnc1N1CCC(C(C)(C)C)C1. The smallest absolute Gasteiger partial charge is 0.141 e. The fourth-order valence-electron chi connectivity index (χ4n) is 2.95. The normalized spacial score (nSPS) is 19.3. The second-order valence-electron chi connectivity index (χ2n) is 7.11. The van der Waals surface area contributed by atoms with E-state index in [1.165, 1.54) is 12.6 Å². The van der Waals surface area contributed by atoms with E-state index in [4.69, 9.17) is 0 Å². The van der Waals surface area contributed by atoms with Crippen molar-refractivity contribution >= 4 is 5.82 Å². The Balaban J connectivity index is 2.12. The van der Waals surface area contributed by atoms with Crippen molar-refractivity contribution in [1.29, 1.82) is 0 Å². The summed E-state index contributed by atoms with van der Waals surface area (Å²) in [6.07, 6.45) is 3.60. The van der Waals surface area contributed by atoms with Crippen molar-refractivity contribution in [3.8, 4) is 0 Å². The average molecular weight is 293 g/mol. The van der Waals surface area contributed by atoms with Crippen LogP contribution in [0.1, 0.15) is 46.1 Å². The van der Waals surface area contributed by atoms with Gasteiger partial charge in [-0.25, -0.2) is 9.37 Å². The Kier molecular flexibility index (Phi) is 5.20. The molecule has 21 heavy (non-hydrogen) atoms. The molecule has 1 aromatic heterocycles. The van der Waals surface area contributed by atoms with Crippen molar-refractivity contribution in [2.45, 2.75) is 47.1 Å². The Morgan fingerprint density at radius 1 is 1.43 bits per heavy atom. The summed E-state index contributed by atoms with van der Waals surface area (Å²) in [6.45, 7) is 12.7. The molecule has 2 rings (SSSR count). The maximum atomic E-state index is 13.5. The van der Waals surface area contributed by atoms with Gasteiger partial charge in [-0.1, -0.05) is 27.7 Å². The van der Waals surface area contributed by atoms with E-state index in [1.54, 1.807) is 6.07 Å². The molecule has 1 aliphatic rings. The summed E-state index contributed by atoms with van der Waals surface area (Å²) >= 11 is 0. The van der Waals surface area contributed by atoms with E-state index in [-0.39, 0.29) is 5.82 Å². The monoisotopic (exact) mass is 293 g/mol. The van der Waals surface area contributed by atoms with E-state index in [0.717, 1.165) is 37.4 Å². The summed E-state index contributed by atoms with van der Waals surface area (Å²) < 4.78 is 13.5. The van der Waals surface area contributed by atoms with Crippen LogP contribution in [0.3, 0.4) is 0 Å². The number of hydrogen-bond acceptors (Lipinski definition) is 3. The average Bonchev–Trinajstić information content (AvgIpc) is 2.88. The van der Waals surface area contributed by atoms with E-state index in [1.807, 2.05) is 0 Å². The van der Waals surface area contributed by atoms with Gasteiger partial charge in [0.1, 0.15) is 11.6 Å². The first kappa shape index (κ1) is 16.2. The van der Waals surface area contributed by atoms with Crippen LogP contribution in [0.4, 0.5) is 10.2 Å². The highest BCUT2D eigenvalue weighted by molar-refractivity contribution is 5.48. The van der Waals surface area contributed by atoms with E-state index in [9.17, 15) is 4.39 Å². The number of nitrogens with one attached hydrogen (secondary N) is 1. The minimum Gasteiger partial charge on any atom is -0.356 e. The van der Waals surface area contributed by atoms with Crippen LogP contribution in [-0.2, 0) is 6.54 Å². The number of anilines is 1. The molecular weight excluding hydrogens is 265 g/mol. The van der Waals surface area contributed by atoms with Crippen LogP contribution in [0, 0.1) is 17.2 Å². The number of nitrogens with zero attached hydrogens (tertiary/aromatic N) is 2. The lowest BCUT2D eigenvalue weighted by Crippen LogP contribution is -2.28. The molecule has 1 aromatic rings. The molecule has 0 radical (unpaired) electrons. The van der Waals surface area contributed by atoms with Gasteiger partial charge in [-0.2, -0.15) is 0 Å². The van der Waals surface area contributed by atoms with Gasteiger partial charge in [-0.05, 0) is 36.8 Å². The molecule has 0 bridgehead atoms. The predicted octanol–water partition coefficient (Wildman–Crippen LogP) is 3.59. The molecule has 1 fully saturated rings. The third kappa shape index (κ3) is 4.16. The second-order valence-corrected chi connectivity index (χ2v) is 7.11. The van der Waals surface area contributed by atoms with Gasteiger partial charge in [0.2, 0.25) is 0 Å². The van der Waals surface area contributed by atoms with E-state index < -0.39 is 0 Å². The van der Waals surface area contributed by atoms with E-state index in [2.05, 4.69) is 42.9 Å². The van der Waals surface area contributed by atoms with Crippen molar-refractivity contribution in [2.24, 2.45) is 11.3 Å². The zero-order valence-corrected chi connectivity index (χ0v) is 13.7. The third-order valence-electron chi connectivity index (χ3n) is 4.36. The molecule has 1 N–H and O–H groups in total. The maximum absolute atomic E-state index is 13.5. The van der Waals surface area contributed by atoms with Crippen molar-refractivity contribution in [3.05, 3.63) is 23.6 Å². The highest BCUT2D eigenvalue weighted by Gasteiger charge is 2.33. The first-order valence-corrected chi connectivity index (χ1v) is 8.02. The summed E-state index contributed by atoms with van der Waals surface area (Å²) in [7, 11) is 0. The van der Waals surface area contributed by atoms with Crippen LogP contribution in [0.5, 0.6) is 0 Å². The largest absolute Gasteiger partial charge is 0.356 e. The van der Waals surface area contributed by atoms with Gasteiger partial charge < -0.3 is 10.2 Å². The van der Waals surface area contributed by atoms with Crippen LogP contribution in [0.15, 0.2) is 12.3 Å². The highest BCUT2D eigenvalue weighted by Crippen LogP contribution is 2.35. The van der Waals surface area contributed by atoms with Crippen molar-refractivity contribution < 1.29 is 4.39 Å². The quantitative estimate of drug-likeness (QED) is 0.841. The first-order valence-electron chi connectivity index (χ1n) is 8.02. The van der Waals surface area contributed by atoms with E-state index >= 15 is 0 Å². The predicted molar refractivity (Wildman–Crippen MR) is 86.0 cm³/mol. The molecule has 4 heteroatoms. The third-order valence-corrected chi connectivity index (χ3v) is 4.36. The van der Waals surface area contributed by atoms with Crippen LogP contribution >= 0.6 is 0 Å². The molecule has 0 aliphatic carbocycles. The van der Waals surface area contributed by atoms with Gasteiger partial charge in [-0.15, -0.1) is 0 Å². The van der Waals surface area contributed by atoms with Gasteiger partial charge in [0, 0.05) is 25.2 Å². The molecule has 1 unspecified atom stereocenters. The summed E-state index contributed by atoms with van der Waals surface area (Å²) in [5, 5.41) is 3.35. The lowest BCUT2D eigenvalue weighted by molar-refractivity contribution is 0.263. The van der Waals surface area contributed by atoms with Crippen LogP contribution in [-0.4, -0.2) is 24.6 Å². The molecule has 0 amide bonds. The molecule has 1 atom stereocenters. The number of rotatable bonds is 5. The van der Waals surface area contributed by atoms with Gasteiger partial charge in [-0.3, -0.25) is 0 Å². The Labute approximate surface area is 127 Å². The summed E-state index contributed by atoms with van der Waals surface area (Å²) in [5.74, 6) is 1.37. The summed E-state index contributed by atoms with van der Waals surface area (Å²) in [4.78, 5) is 6.68. The molecule has 1 saturated heterocycles. The number of halogens is 1. The van der Waals surface area contributed by atoms with Crippen LogP contribution < -0.4 is 10.2 Å².